The molecular weight excluding hydrogens is 274 g/mol. The average Bonchev–Trinajstić information content (AvgIpc) is 2.52. The van der Waals surface area contributed by atoms with Crippen LogP contribution in [0.3, 0.4) is 0 Å². The molecule has 2 unspecified atom stereocenters. The second-order valence-corrected chi connectivity index (χ2v) is 6.36. The predicted octanol–water partition coefficient (Wildman–Crippen LogP) is 3.04. The molecule has 1 saturated heterocycles. The average molecular weight is 303 g/mol. The standard InChI is InChI=1S/C18H29N3O/c1-13(2)21-18(19-4)20-12-16-6-5-11-22-17(16)15-9-7-14(3)8-10-15/h7-10,13,16-17H,5-6,11-12H2,1-4H3,(H2,19,20,21). The minimum atomic E-state index is 0.180. The van der Waals surface area contributed by atoms with Crippen molar-refractivity contribution in [3.8, 4) is 0 Å². The molecule has 0 aromatic heterocycles. The van der Waals surface area contributed by atoms with Gasteiger partial charge in [-0.15, -0.1) is 0 Å². The lowest BCUT2D eigenvalue weighted by Crippen LogP contribution is -2.44. The van der Waals surface area contributed by atoms with Gasteiger partial charge in [0.25, 0.3) is 0 Å². The summed E-state index contributed by atoms with van der Waals surface area (Å²) in [5.74, 6) is 1.34. The normalized spacial score (nSPS) is 22.7. The molecular formula is C18H29N3O. The molecule has 0 bridgehead atoms. The molecule has 1 aliphatic heterocycles. The highest BCUT2D eigenvalue weighted by atomic mass is 16.5. The van der Waals surface area contributed by atoms with Gasteiger partial charge in [-0.25, -0.2) is 0 Å². The van der Waals surface area contributed by atoms with Gasteiger partial charge in [-0.05, 0) is 39.2 Å². The molecule has 0 saturated carbocycles. The Morgan fingerprint density at radius 3 is 2.68 bits per heavy atom. The number of hydrogen-bond acceptors (Lipinski definition) is 2. The van der Waals surface area contributed by atoms with Crippen LogP contribution >= 0.6 is 0 Å². The number of rotatable bonds is 4. The maximum absolute atomic E-state index is 6.06. The SMILES string of the molecule is CN=C(NCC1CCCOC1c1ccc(C)cc1)NC(C)C. The van der Waals surface area contributed by atoms with Crippen LogP contribution in [0.1, 0.15) is 43.9 Å². The zero-order valence-corrected chi connectivity index (χ0v) is 14.2. The Bertz CT molecular complexity index is 482. The summed E-state index contributed by atoms with van der Waals surface area (Å²) < 4.78 is 6.06. The number of benzene rings is 1. The first-order valence-corrected chi connectivity index (χ1v) is 8.25. The lowest BCUT2D eigenvalue weighted by atomic mass is 9.89. The van der Waals surface area contributed by atoms with Crippen molar-refractivity contribution in [3.05, 3.63) is 35.4 Å². The molecule has 1 aromatic carbocycles. The first-order valence-electron chi connectivity index (χ1n) is 8.25. The fourth-order valence-corrected chi connectivity index (χ4v) is 2.87. The zero-order valence-electron chi connectivity index (χ0n) is 14.2. The van der Waals surface area contributed by atoms with E-state index in [1.54, 1.807) is 0 Å². The van der Waals surface area contributed by atoms with Crippen molar-refractivity contribution in [2.75, 3.05) is 20.2 Å². The van der Waals surface area contributed by atoms with E-state index in [4.69, 9.17) is 4.74 Å². The fraction of sp³-hybridized carbons (Fsp3) is 0.611. The zero-order chi connectivity index (χ0) is 15.9. The molecule has 1 aromatic rings. The van der Waals surface area contributed by atoms with Gasteiger partial charge >= 0.3 is 0 Å². The summed E-state index contributed by atoms with van der Waals surface area (Å²) in [7, 11) is 1.81. The van der Waals surface area contributed by atoms with E-state index < -0.39 is 0 Å². The third kappa shape index (κ3) is 4.73. The number of aryl methyl sites for hydroxylation is 1. The van der Waals surface area contributed by atoms with Crippen molar-refractivity contribution in [3.63, 3.8) is 0 Å². The molecule has 2 rings (SSSR count). The van der Waals surface area contributed by atoms with E-state index in [1.165, 1.54) is 17.5 Å². The molecule has 0 spiro atoms. The predicted molar refractivity (Wildman–Crippen MR) is 92.2 cm³/mol. The molecule has 0 radical (unpaired) electrons. The number of hydrogen-bond donors (Lipinski definition) is 2. The summed E-state index contributed by atoms with van der Waals surface area (Å²) in [6.07, 6.45) is 2.49. The Morgan fingerprint density at radius 1 is 1.32 bits per heavy atom. The van der Waals surface area contributed by atoms with Crippen molar-refractivity contribution >= 4 is 5.96 Å². The molecule has 0 amide bonds. The van der Waals surface area contributed by atoms with Crippen LogP contribution in [0.15, 0.2) is 29.3 Å². The van der Waals surface area contributed by atoms with E-state index >= 15 is 0 Å². The van der Waals surface area contributed by atoms with Gasteiger partial charge < -0.3 is 15.4 Å². The highest BCUT2D eigenvalue weighted by Crippen LogP contribution is 2.33. The minimum Gasteiger partial charge on any atom is -0.373 e. The number of guanidine groups is 1. The van der Waals surface area contributed by atoms with Crippen LogP contribution < -0.4 is 10.6 Å². The van der Waals surface area contributed by atoms with Gasteiger partial charge in [0.1, 0.15) is 0 Å². The van der Waals surface area contributed by atoms with Crippen LogP contribution in [-0.4, -0.2) is 32.2 Å². The van der Waals surface area contributed by atoms with Gasteiger partial charge in [0.2, 0.25) is 0 Å². The third-order valence-corrected chi connectivity index (χ3v) is 4.03. The van der Waals surface area contributed by atoms with E-state index in [9.17, 15) is 0 Å². The second-order valence-electron chi connectivity index (χ2n) is 6.36. The summed E-state index contributed by atoms with van der Waals surface area (Å²) in [4.78, 5) is 4.28. The van der Waals surface area contributed by atoms with Gasteiger partial charge in [-0.3, -0.25) is 4.99 Å². The highest BCUT2D eigenvalue weighted by molar-refractivity contribution is 5.79. The van der Waals surface area contributed by atoms with Gasteiger partial charge in [0, 0.05) is 32.2 Å². The van der Waals surface area contributed by atoms with E-state index in [1.807, 2.05) is 7.05 Å². The summed E-state index contributed by atoms with van der Waals surface area (Å²) in [6, 6.07) is 9.09. The van der Waals surface area contributed by atoms with Crippen molar-refractivity contribution in [1.29, 1.82) is 0 Å². The number of ether oxygens (including phenoxy) is 1. The number of nitrogens with one attached hydrogen (secondary N) is 2. The van der Waals surface area contributed by atoms with Crippen LogP contribution in [0.25, 0.3) is 0 Å². The molecule has 122 valence electrons. The molecule has 2 N–H and O–H groups in total. The van der Waals surface area contributed by atoms with Crippen LogP contribution in [0, 0.1) is 12.8 Å². The highest BCUT2D eigenvalue weighted by Gasteiger charge is 2.27. The lowest BCUT2D eigenvalue weighted by Gasteiger charge is -2.33. The van der Waals surface area contributed by atoms with Crippen LogP contribution in [0.2, 0.25) is 0 Å². The van der Waals surface area contributed by atoms with E-state index in [2.05, 4.69) is 60.7 Å². The van der Waals surface area contributed by atoms with Crippen molar-refractivity contribution in [1.82, 2.24) is 10.6 Å². The number of nitrogens with zero attached hydrogens (tertiary/aromatic N) is 1. The smallest absolute Gasteiger partial charge is 0.191 e. The van der Waals surface area contributed by atoms with E-state index in [0.717, 1.165) is 25.5 Å². The Balaban J connectivity index is 1.99. The molecule has 2 atom stereocenters. The summed E-state index contributed by atoms with van der Waals surface area (Å²) in [6.45, 7) is 8.09. The van der Waals surface area contributed by atoms with Crippen molar-refractivity contribution < 1.29 is 4.74 Å². The maximum atomic E-state index is 6.06. The van der Waals surface area contributed by atoms with Crippen molar-refractivity contribution in [2.24, 2.45) is 10.9 Å². The van der Waals surface area contributed by atoms with Crippen molar-refractivity contribution in [2.45, 2.75) is 45.8 Å². The van der Waals surface area contributed by atoms with Gasteiger partial charge in [0.05, 0.1) is 6.10 Å². The Kier molecular flexibility index (Phi) is 6.25. The topological polar surface area (TPSA) is 45.7 Å². The van der Waals surface area contributed by atoms with Crippen LogP contribution in [0.4, 0.5) is 0 Å². The monoisotopic (exact) mass is 303 g/mol. The Morgan fingerprint density at radius 2 is 2.05 bits per heavy atom. The molecule has 4 heteroatoms. The molecule has 4 nitrogen and oxygen atoms in total. The summed E-state index contributed by atoms with van der Waals surface area (Å²) in [5, 5.41) is 6.77. The van der Waals surface area contributed by atoms with Gasteiger partial charge in [0.15, 0.2) is 5.96 Å². The summed E-state index contributed by atoms with van der Waals surface area (Å²) in [5.41, 5.74) is 2.57. The maximum Gasteiger partial charge on any atom is 0.191 e. The van der Waals surface area contributed by atoms with Gasteiger partial charge in [-0.1, -0.05) is 29.8 Å². The third-order valence-electron chi connectivity index (χ3n) is 4.03. The Labute approximate surface area is 134 Å². The lowest BCUT2D eigenvalue weighted by molar-refractivity contribution is -0.0265. The molecule has 1 heterocycles. The summed E-state index contributed by atoms with van der Waals surface area (Å²) >= 11 is 0. The van der Waals surface area contributed by atoms with Crippen LogP contribution in [0.5, 0.6) is 0 Å². The molecule has 1 aliphatic rings. The van der Waals surface area contributed by atoms with Gasteiger partial charge in [-0.2, -0.15) is 0 Å². The minimum absolute atomic E-state index is 0.180. The quantitative estimate of drug-likeness (QED) is 0.664. The molecule has 1 fully saturated rings. The fourth-order valence-electron chi connectivity index (χ4n) is 2.87. The number of aliphatic imine (C=N–C) groups is 1. The molecule has 0 aliphatic carbocycles. The second kappa shape index (κ2) is 8.18. The first-order chi connectivity index (χ1) is 10.6. The Hall–Kier alpha value is -1.55. The van der Waals surface area contributed by atoms with E-state index in [-0.39, 0.29) is 6.10 Å². The largest absolute Gasteiger partial charge is 0.373 e. The first kappa shape index (κ1) is 16.8. The van der Waals surface area contributed by atoms with Crippen LogP contribution in [-0.2, 0) is 4.74 Å². The van der Waals surface area contributed by atoms with E-state index in [0.29, 0.717) is 12.0 Å². The molecule has 22 heavy (non-hydrogen) atoms.